The van der Waals surface area contributed by atoms with Gasteiger partial charge in [0.05, 0.1) is 13.2 Å². The van der Waals surface area contributed by atoms with Gasteiger partial charge in [-0.15, -0.1) is 0 Å². The van der Waals surface area contributed by atoms with Crippen LogP contribution < -0.4 is 15.4 Å². The number of amides is 1. The average molecular weight is 250 g/mol. The van der Waals surface area contributed by atoms with E-state index in [1.807, 2.05) is 44.2 Å². The van der Waals surface area contributed by atoms with Gasteiger partial charge < -0.3 is 15.4 Å². The molecule has 0 atom stereocenters. The number of nitrogens with one attached hydrogen (secondary N) is 2. The minimum atomic E-state index is 0.0309. The largest absolute Gasteiger partial charge is 0.494 e. The lowest BCUT2D eigenvalue weighted by molar-refractivity contribution is -0.120. The minimum Gasteiger partial charge on any atom is -0.494 e. The second kappa shape index (κ2) is 8.53. The number of carbonyl (C=O) groups excluding carboxylic acids is 1. The van der Waals surface area contributed by atoms with E-state index in [2.05, 4.69) is 10.6 Å². The van der Waals surface area contributed by atoms with E-state index in [4.69, 9.17) is 4.74 Å². The summed E-state index contributed by atoms with van der Waals surface area (Å²) < 4.78 is 5.52. The maximum Gasteiger partial charge on any atom is 0.233 e. The molecule has 2 N–H and O–H groups in total. The Morgan fingerprint density at radius 1 is 1.28 bits per heavy atom. The van der Waals surface area contributed by atoms with Crippen molar-refractivity contribution in [2.24, 2.45) is 0 Å². The van der Waals surface area contributed by atoms with Crippen LogP contribution in [-0.2, 0) is 4.79 Å². The summed E-state index contributed by atoms with van der Waals surface area (Å²) in [5.41, 5.74) is 0. The third-order valence-corrected chi connectivity index (χ3v) is 2.33. The van der Waals surface area contributed by atoms with Crippen LogP contribution in [0.2, 0.25) is 0 Å². The van der Waals surface area contributed by atoms with Crippen LogP contribution in [0.15, 0.2) is 30.3 Å². The van der Waals surface area contributed by atoms with E-state index in [0.717, 1.165) is 12.2 Å². The fraction of sp³-hybridized carbons (Fsp3) is 0.500. The third-order valence-electron chi connectivity index (χ3n) is 2.33. The van der Waals surface area contributed by atoms with Gasteiger partial charge in [-0.25, -0.2) is 0 Å². The van der Waals surface area contributed by atoms with Crippen LogP contribution >= 0.6 is 0 Å². The first-order valence-corrected chi connectivity index (χ1v) is 6.36. The van der Waals surface area contributed by atoms with Gasteiger partial charge in [-0.05, 0) is 18.6 Å². The molecule has 1 rings (SSSR count). The van der Waals surface area contributed by atoms with Crippen molar-refractivity contribution in [1.82, 2.24) is 10.6 Å². The standard InChI is InChI=1S/C14H22N2O2/c1-12(2)16-11-14(17)15-9-6-10-18-13-7-4-3-5-8-13/h3-5,7-8,12,16H,6,9-11H2,1-2H3,(H,15,17). The summed E-state index contributed by atoms with van der Waals surface area (Å²) in [5.74, 6) is 0.897. The molecule has 0 aromatic heterocycles. The van der Waals surface area contributed by atoms with Gasteiger partial charge in [-0.1, -0.05) is 32.0 Å². The Hall–Kier alpha value is -1.55. The van der Waals surface area contributed by atoms with Crippen molar-refractivity contribution < 1.29 is 9.53 Å². The highest BCUT2D eigenvalue weighted by Crippen LogP contribution is 2.07. The zero-order valence-electron chi connectivity index (χ0n) is 11.1. The molecule has 0 aliphatic heterocycles. The summed E-state index contributed by atoms with van der Waals surface area (Å²) in [6.45, 7) is 5.66. The number of carbonyl (C=O) groups is 1. The molecule has 4 heteroatoms. The van der Waals surface area contributed by atoms with Crippen molar-refractivity contribution in [3.05, 3.63) is 30.3 Å². The maximum atomic E-state index is 11.4. The summed E-state index contributed by atoms with van der Waals surface area (Å²) in [4.78, 5) is 11.4. The van der Waals surface area contributed by atoms with Crippen molar-refractivity contribution in [1.29, 1.82) is 0 Å². The fourth-order valence-electron chi connectivity index (χ4n) is 1.37. The lowest BCUT2D eigenvalue weighted by Gasteiger charge is -2.09. The van der Waals surface area contributed by atoms with Crippen molar-refractivity contribution in [2.75, 3.05) is 19.7 Å². The lowest BCUT2D eigenvalue weighted by atomic mass is 10.3. The second-order valence-electron chi connectivity index (χ2n) is 4.40. The molecule has 0 radical (unpaired) electrons. The quantitative estimate of drug-likeness (QED) is 0.689. The molecular weight excluding hydrogens is 228 g/mol. The van der Waals surface area contributed by atoms with Crippen molar-refractivity contribution in [3.63, 3.8) is 0 Å². The molecule has 0 unspecified atom stereocenters. The smallest absolute Gasteiger partial charge is 0.233 e. The van der Waals surface area contributed by atoms with E-state index < -0.39 is 0 Å². The van der Waals surface area contributed by atoms with Crippen LogP contribution in [0.5, 0.6) is 5.75 Å². The monoisotopic (exact) mass is 250 g/mol. The van der Waals surface area contributed by atoms with E-state index >= 15 is 0 Å². The average Bonchev–Trinajstić information content (AvgIpc) is 2.37. The summed E-state index contributed by atoms with van der Waals surface area (Å²) in [7, 11) is 0. The van der Waals surface area contributed by atoms with Gasteiger partial charge in [0.1, 0.15) is 5.75 Å². The van der Waals surface area contributed by atoms with Crippen LogP contribution in [0, 0.1) is 0 Å². The van der Waals surface area contributed by atoms with Gasteiger partial charge in [0.15, 0.2) is 0 Å². The Bertz CT molecular complexity index is 339. The molecule has 0 spiro atoms. The normalized spacial score (nSPS) is 10.4. The molecule has 4 nitrogen and oxygen atoms in total. The summed E-state index contributed by atoms with van der Waals surface area (Å²) in [6, 6.07) is 10.0. The molecule has 0 aliphatic carbocycles. The molecule has 1 aromatic rings. The molecule has 0 saturated carbocycles. The highest BCUT2D eigenvalue weighted by atomic mass is 16.5. The van der Waals surface area contributed by atoms with Gasteiger partial charge in [-0.2, -0.15) is 0 Å². The molecule has 0 heterocycles. The number of benzene rings is 1. The van der Waals surface area contributed by atoms with Gasteiger partial charge in [-0.3, -0.25) is 4.79 Å². The first kappa shape index (κ1) is 14.5. The molecule has 0 aliphatic rings. The van der Waals surface area contributed by atoms with Crippen LogP contribution in [0.1, 0.15) is 20.3 Å². The van der Waals surface area contributed by atoms with Gasteiger partial charge in [0.25, 0.3) is 0 Å². The SMILES string of the molecule is CC(C)NCC(=O)NCCCOc1ccccc1. The van der Waals surface area contributed by atoms with Crippen LogP contribution in [0.3, 0.4) is 0 Å². The second-order valence-corrected chi connectivity index (χ2v) is 4.40. The molecule has 18 heavy (non-hydrogen) atoms. The molecule has 1 amide bonds. The molecular formula is C14H22N2O2. The van der Waals surface area contributed by atoms with E-state index in [9.17, 15) is 4.79 Å². The van der Waals surface area contributed by atoms with Crippen LogP contribution in [-0.4, -0.2) is 31.6 Å². The highest BCUT2D eigenvalue weighted by Gasteiger charge is 2.01. The Morgan fingerprint density at radius 3 is 2.67 bits per heavy atom. The predicted octanol–water partition coefficient (Wildman–Crippen LogP) is 1.57. The van der Waals surface area contributed by atoms with Crippen LogP contribution in [0.25, 0.3) is 0 Å². The predicted molar refractivity (Wildman–Crippen MR) is 72.7 cm³/mol. The Kier molecular flexibility index (Phi) is 6.87. The first-order chi connectivity index (χ1) is 8.68. The number of hydrogen-bond donors (Lipinski definition) is 2. The topological polar surface area (TPSA) is 50.4 Å². The van der Waals surface area contributed by atoms with E-state index in [1.165, 1.54) is 0 Å². The van der Waals surface area contributed by atoms with E-state index in [-0.39, 0.29) is 5.91 Å². The number of rotatable bonds is 8. The summed E-state index contributed by atoms with van der Waals surface area (Å²) >= 11 is 0. The van der Waals surface area contributed by atoms with E-state index in [0.29, 0.717) is 25.7 Å². The zero-order valence-corrected chi connectivity index (χ0v) is 11.1. The molecule has 0 bridgehead atoms. The maximum absolute atomic E-state index is 11.4. The number of ether oxygens (including phenoxy) is 1. The van der Waals surface area contributed by atoms with Crippen molar-refractivity contribution in [2.45, 2.75) is 26.3 Å². The van der Waals surface area contributed by atoms with Crippen molar-refractivity contribution >= 4 is 5.91 Å². The highest BCUT2D eigenvalue weighted by molar-refractivity contribution is 5.77. The molecule has 0 saturated heterocycles. The molecule has 1 aromatic carbocycles. The molecule has 0 fully saturated rings. The fourth-order valence-corrected chi connectivity index (χ4v) is 1.37. The first-order valence-electron chi connectivity index (χ1n) is 6.36. The summed E-state index contributed by atoms with van der Waals surface area (Å²) in [5, 5.41) is 5.91. The van der Waals surface area contributed by atoms with Gasteiger partial charge in [0.2, 0.25) is 5.91 Å². The van der Waals surface area contributed by atoms with Gasteiger partial charge in [0, 0.05) is 12.6 Å². The lowest BCUT2D eigenvalue weighted by Crippen LogP contribution is -2.37. The van der Waals surface area contributed by atoms with Gasteiger partial charge >= 0.3 is 0 Å². The van der Waals surface area contributed by atoms with E-state index in [1.54, 1.807) is 0 Å². The minimum absolute atomic E-state index is 0.0309. The third kappa shape index (κ3) is 6.91. The van der Waals surface area contributed by atoms with Crippen molar-refractivity contribution in [3.8, 4) is 5.75 Å². The Morgan fingerprint density at radius 2 is 2.00 bits per heavy atom. The zero-order chi connectivity index (χ0) is 13.2. The number of para-hydroxylation sites is 1. The van der Waals surface area contributed by atoms with Crippen LogP contribution in [0.4, 0.5) is 0 Å². The summed E-state index contributed by atoms with van der Waals surface area (Å²) in [6.07, 6.45) is 0.808. The Balaban J connectivity index is 2.00. The number of hydrogen-bond acceptors (Lipinski definition) is 3. The Labute approximate surface area is 109 Å². The molecule has 100 valence electrons.